The van der Waals surface area contributed by atoms with Crippen molar-refractivity contribution in [2.75, 3.05) is 5.32 Å². The van der Waals surface area contributed by atoms with E-state index in [1.54, 1.807) is 27.7 Å². The Balaban J connectivity index is 2.89. The minimum Gasteiger partial charge on any atom is -0.380 e. The number of carbonyl (C=O) groups is 1. The Hall–Kier alpha value is -0.590. The molecule has 21 heavy (non-hydrogen) atoms. The van der Waals surface area contributed by atoms with E-state index in [0.717, 1.165) is 5.69 Å². The zero-order valence-electron chi connectivity index (χ0n) is 14.1. The number of thioether (sulfide) groups is 1. The van der Waals surface area contributed by atoms with E-state index in [-0.39, 0.29) is 11.3 Å². The molecule has 0 saturated carbocycles. The van der Waals surface area contributed by atoms with Crippen LogP contribution in [-0.4, -0.2) is 25.7 Å². The Kier molecular flexibility index (Phi) is 5.18. The predicted octanol–water partition coefficient (Wildman–Crippen LogP) is 3.93. The molecule has 0 unspecified atom stereocenters. The molecule has 1 aromatic heterocycles. The molecule has 1 heterocycles. The summed E-state index contributed by atoms with van der Waals surface area (Å²) in [5.74, 6) is -0.149. The minimum atomic E-state index is -0.962. The second kappa shape index (κ2) is 5.89. The van der Waals surface area contributed by atoms with Crippen LogP contribution in [-0.2, 0) is 10.2 Å². The number of nitrogens with zero attached hydrogens (tertiary/aromatic N) is 1. The summed E-state index contributed by atoms with van der Waals surface area (Å²) in [6.45, 7) is 15.3. The van der Waals surface area contributed by atoms with E-state index < -0.39 is 9.68 Å². The summed E-state index contributed by atoms with van der Waals surface area (Å²) in [6.07, 6.45) is 0. The SMILES string of the molecule is Cc1nc(NC(=O)C(C)(C)SC(C)(C)O)sc1C(C)(C)C. The van der Waals surface area contributed by atoms with Crippen LogP contribution in [0.25, 0.3) is 0 Å². The van der Waals surface area contributed by atoms with Gasteiger partial charge in [0.1, 0.15) is 4.93 Å². The fourth-order valence-electron chi connectivity index (χ4n) is 2.06. The number of amides is 1. The zero-order valence-corrected chi connectivity index (χ0v) is 15.8. The van der Waals surface area contributed by atoms with E-state index in [9.17, 15) is 9.90 Å². The number of aromatic nitrogens is 1. The van der Waals surface area contributed by atoms with Crippen LogP contribution >= 0.6 is 23.1 Å². The molecule has 0 radical (unpaired) electrons. The Bertz CT molecular complexity index is 523. The lowest BCUT2D eigenvalue weighted by atomic mass is 9.94. The van der Waals surface area contributed by atoms with Crippen LogP contribution in [0.3, 0.4) is 0 Å². The van der Waals surface area contributed by atoms with Crippen LogP contribution in [0.15, 0.2) is 0 Å². The fourth-order valence-corrected chi connectivity index (χ4v) is 4.48. The highest BCUT2D eigenvalue weighted by Gasteiger charge is 2.35. The Labute approximate surface area is 135 Å². The lowest BCUT2D eigenvalue weighted by molar-refractivity contribution is -0.117. The molecule has 0 bridgehead atoms. The van der Waals surface area contributed by atoms with Crippen molar-refractivity contribution in [2.24, 2.45) is 0 Å². The summed E-state index contributed by atoms with van der Waals surface area (Å²) in [4.78, 5) is 17.1. The van der Waals surface area contributed by atoms with Crippen LogP contribution in [0, 0.1) is 6.92 Å². The van der Waals surface area contributed by atoms with Crippen LogP contribution in [0.1, 0.15) is 59.0 Å². The van der Waals surface area contributed by atoms with Gasteiger partial charge >= 0.3 is 0 Å². The zero-order chi connectivity index (χ0) is 16.6. The molecule has 1 amide bonds. The van der Waals surface area contributed by atoms with Gasteiger partial charge in [-0.3, -0.25) is 4.79 Å². The molecule has 0 aromatic carbocycles. The van der Waals surface area contributed by atoms with Gasteiger partial charge < -0.3 is 10.4 Å². The molecule has 0 saturated heterocycles. The lowest BCUT2D eigenvalue weighted by Gasteiger charge is -2.29. The van der Waals surface area contributed by atoms with Crippen molar-refractivity contribution in [2.45, 2.75) is 70.5 Å². The van der Waals surface area contributed by atoms with Crippen molar-refractivity contribution in [3.05, 3.63) is 10.6 Å². The summed E-state index contributed by atoms with van der Waals surface area (Å²) >= 11 is 2.74. The lowest BCUT2D eigenvalue weighted by Crippen LogP contribution is -2.38. The van der Waals surface area contributed by atoms with E-state index in [0.29, 0.717) is 5.13 Å². The van der Waals surface area contributed by atoms with E-state index >= 15 is 0 Å². The number of aryl methyl sites for hydroxylation is 1. The topological polar surface area (TPSA) is 62.2 Å². The van der Waals surface area contributed by atoms with Crippen molar-refractivity contribution in [1.29, 1.82) is 0 Å². The second-order valence-corrected chi connectivity index (χ2v) is 10.4. The molecule has 0 spiro atoms. The van der Waals surface area contributed by atoms with E-state index in [1.807, 2.05) is 6.92 Å². The standard InChI is InChI=1S/C15H26N2O2S2/c1-9-10(13(2,3)4)20-12(16-9)17-11(18)14(5,6)21-15(7,8)19/h19H,1-8H3,(H,16,17,18). The molecule has 0 aliphatic rings. The number of carbonyl (C=O) groups excluding carboxylic acids is 1. The molecule has 2 N–H and O–H groups in total. The number of rotatable bonds is 4. The first-order valence-electron chi connectivity index (χ1n) is 6.94. The third-order valence-electron chi connectivity index (χ3n) is 2.75. The van der Waals surface area contributed by atoms with Gasteiger partial charge in [-0.1, -0.05) is 20.8 Å². The summed E-state index contributed by atoms with van der Waals surface area (Å²) in [7, 11) is 0. The van der Waals surface area contributed by atoms with Crippen molar-refractivity contribution >= 4 is 34.1 Å². The van der Waals surface area contributed by atoms with Crippen LogP contribution in [0.5, 0.6) is 0 Å². The molecule has 1 aromatic rings. The number of thiazole rings is 1. The monoisotopic (exact) mass is 330 g/mol. The van der Waals surface area contributed by atoms with Gasteiger partial charge in [-0.05, 0) is 40.0 Å². The van der Waals surface area contributed by atoms with Crippen molar-refractivity contribution in [1.82, 2.24) is 4.98 Å². The summed E-state index contributed by atoms with van der Waals surface area (Å²) in [6, 6.07) is 0. The van der Waals surface area contributed by atoms with Gasteiger partial charge in [0.05, 0.1) is 10.4 Å². The third-order valence-corrected chi connectivity index (χ3v) is 5.44. The Morgan fingerprint density at radius 3 is 2.10 bits per heavy atom. The average molecular weight is 331 g/mol. The molecular weight excluding hydrogens is 304 g/mol. The highest BCUT2D eigenvalue weighted by molar-refractivity contribution is 8.02. The van der Waals surface area contributed by atoms with Gasteiger partial charge in [-0.25, -0.2) is 4.98 Å². The molecule has 1 rings (SSSR count). The highest BCUT2D eigenvalue weighted by Crippen LogP contribution is 2.37. The maximum atomic E-state index is 12.4. The maximum absolute atomic E-state index is 12.4. The first kappa shape index (κ1) is 18.5. The van der Waals surface area contributed by atoms with Gasteiger partial charge in [0.15, 0.2) is 5.13 Å². The van der Waals surface area contributed by atoms with E-state index in [4.69, 9.17) is 0 Å². The first-order valence-corrected chi connectivity index (χ1v) is 8.57. The highest BCUT2D eigenvalue weighted by atomic mass is 32.2. The largest absolute Gasteiger partial charge is 0.380 e. The molecule has 0 aliphatic heterocycles. The molecule has 4 nitrogen and oxygen atoms in total. The summed E-state index contributed by atoms with van der Waals surface area (Å²) in [5, 5.41) is 13.4. The van der Waals surface area contributed by atoms with Crippen LogP contribution in [0.2, 0.25) is 0 Å². The second-order valence-electron chi connectivity index (χ2n) is 7.20. The molecule has 0 fully saturated rings. The fraction of sp³-hybridized carbons (Fsp3) is 0.733. The minimum absolute atomic E-state index is 0.0160. The quantitative estimate of drug-likeness (QED) is 0.821. The van der Waals surface area contributed by atoms with E-state index in [1.165, 1.54) is 28.0 Å². The normalized spacial score (nSPS) is 13.4. The molecule has 0 aliphatic carbocycles. The van der Waals surface area contributed by atoms with Crippen molar-refractivity contribution in [3.8, 4) is 0 Å². The number of aliphatic hydroxyl groups is 1. The van der Waals surface area contributed by atoms with Crippen LogP contribution in [0.4, 0.5) is 5.13 Å². The Morgan fingerprint density at radius 1 is 1.19 bits per heavy atom. The average Bonchev–Trinajstić information content (AvgIpc) is 2.55. The van der Waals surface area contributed by atoms with E-state index in [2.05, 4.69) is 31.1 Å². The Morgan fingerprint density at radius 2 is 1.71 bits per heavy atom. The maximum Gasteiger partial charge on any atom is 0.241 e. The third kappa shape index (κ3) is 5.27. The van der Waals surface area contributed by atoms with Gasteiger partial charge in [0.25, 0.3) is 0 Å². The van der Waals surface area contributed by atoms with Gasteiger partial charge in [0.2, 0.25) is 5.91 Å². The summed E-state index contributed by atoms with van der Waals surface area (Å²) < 4.78 is -0.736. The molecule has 6 heteroatoms. The van der Waals surface area contributed by atoms with Crippen molar-refractivity contribution in [3.63, 3.8) is 0 Å². The van der Waals surface area contributed by atoms with Gasteiger partial charge in [-0.15, -0.1) is 23.1 Å². The molecule has 0 atom stereocenters. The number of nitrogens with one attached hydrogen (secondary N) is 1. The predicted molar refractivity (Wildman–Crippen MR) is 92.1 cm³/mol. The van der Waals surface area contributed by atoms with Gasteiger partial charge in [0, 0.05) is 4.88 Å². The number of hydrogen-bond donors (Lipinski definition) is 2. The van der Waals surface area contributed by atoms with Crippen molar-refractivity contribution < 1.29 is 9.90 Å². The number of anilines is 1. The van der Waals surface area contributed by atoms with Gasteiger partial charge in [-0.2, -0.15) is 0 Å². The molecular formula is C15H26N2O2S2. The smallest absolute Gasteiger partial charge is 0.241 e. The van der Waals surface area contributed by atoms with Crippen LogP contribution < -0.4 is 5.32 Å². The first-order chi connectivity index (χ1) is 9.22. The number of hydrogen-bond acceptors (Lipinski definition) is 5. The summed E-state index contributed by atoms with van der Waals surface area (Å²) in [5.41, 5.74) is 0.970. The molecule has 120 valence electrons.